The van der Waals surface area contributed by atoms with Gasteiger partial charge in [0.1, 0.15) is 36.6 Å². The number of hydrogen-bond acceptors (Lipinski definition) is 19. The minimum atomic E-state index is -5.88. The quantitative estimate of drug-likeness (QED) is 0.0816. The van der Waals surface area contributed by atoms with Crippen molar-refractivity contribution in [3.05, 3.63) is 66.2 Å². The van der Waals surface area contributed by atoms with E-state index in [2.05, 4.69) is 22.0 Å². The molecule has 4 heterocycles. The number of rotatable bonds is 14. The molecule has 2 aliphatic rings. The number of phosphoric ester groups is 2. The molecule has 12 atom stereocenters. The van der Waals surface area contributed by atoms with E-state index in [-0.39, 0.29) is 0 Å². The molecule has 0 spiro atoms. The highest BCUT2D eigenvalue weighted by Crippen LogP contribution is 2.68. The third-order valence-corrected chi connectivity index (χ3v) is 11.7. The summed E-state index contributed by atoms with van der Waals surface area (Å²) in [5, 5.41) is 40.7. The zero-order valence-electron chi connectivity index (χ0n) is 23.3. The Labute approximate surface area is 265 Å². The van der Waals surface area contributed by atoms with Crippen LogP contribution in [0.5, 0.6) is 0 Å². The van der Waals surface area contributed by atoms with Crippen LogP contribution in [0.3, 0.4) is 0 Å². The van der Waals surface area contributed by atoms with Crippen LogP contribution in [0.4, 0.5) is 0 Å². The van der Waals surface area contributed by atoms with Crippen molar-refractivity contribution in [2.24, 2.45) is 0 Å². The topological polar surface area (TPSA) is 387 Å². The van der Waals surface area contributed by atoms with Gasteiger partial charge in [0.2, 0.25) is 0 Å². The van der Waals surface area contributed by atoms with Crippen molar-refractivity contribution in [2.75, 3.05) is 13.2 Å². The van der Waals surface area contributed by atoms with Gasteiger partial charge < -0.3 is 49.5 Å². The SMILES string of the molecule is O=c1ccn([C@@H]2O[C@H](COP(=O)(O)OP(O)OP(=O)(O)OP(=O)(O)OC[C@H]3O[C@@H](n4ccc(=O)[nH]c4=O)[C@H](O)[C@@H]3O)[C@@H](O)[C@H]2O)c(=O)[nH]1. The number of aliphatic hydroxyl groups excluding tert-OH is 4. The molecule has 2 saturated heterocycles. The zero-order valence-corrected chi connectivity index (χ0v) is 26.9. The molecule has 2 fully saturated rings. The summed E-state index contributed by atoms with van der Waals surface area (Å²) in [6.45, 7) is -2.20. The van der Waals surface area contributed by atoms with Crippen LogP contribution in [0.25, 0.3) is 0 Å². The average Bonchev–Trinajstić information content (AvgIpc) is 3.39. The van der Waals surface area contributed by atoms with Crippen LogP contribution >= 0.6 is 32.1 Å². The Morgan fingerprint density at radius 2 is 1.08 bits per heavy atom. The fraction of sp³-hybridized carbons (Fsp3) is 0.556. The third kappa shape index (κ3) is 9.56. The molecule has 4 rings (SSSR count). The Hall–Kier alpha value is -2.12. The molecule has 0 amide bonds. The van der Waals surface area contributed by atoms with Gasteiger partial charge in [-0.2, -0.15) is 4.31 Å². The van der Waals surface area contributed by atoms with Crippen LogP contribution < -0.4 is 22.5 Å². The van der Waals surface area contributed by atoms with Crippen LogP contribution in [-0.2, 0) is 45.1 Å². The van der Waals surface area contributed by atoms with Gasteiger partial charge in [0, 0.05) is 24.5 Å². The van der Waals surface area contributed by atoms with E-state index < -0.39 is 117 Å². The second kappa shape index (κ2) is 15.0. The first-order valence-corrected chi connectivity index (χ1v) is 18.3. The molecule has 0 saturated carbocycles. The van der Waals surface area contributed by atoms with Crippen molar-refractivity contribution in [2.45, 2.75) is 49.1 Å². The van der Waals surface area contributed by atoms with Gasteiger partial charge >= 0.3 is 43.4 Å². The summed E-state index contributed by atoms with van der Waals surface area (Å²) in [6.07, 6.45) is -12.0. The first-order chi connectivity index (χ1) is 22.2. The van der Waals surface area contributed by atoms with Crippen LogP contribution in [0.2, 0.25) is 0 Å². The molecule has 4 unspecified atom stereocenters. The van der Waals surface area contributed by atoms with E-state index in [1.165, 1.54) is 0 Å². The van der Waals surface area contributed by atoms with Crippen molar-refractivity contribution < 1.29 is 85.1 Å². The van der Waals surface area contributed by atoms with E-state index >= 15 is 0 Å². The summed E-state index contributed by atoms with van der Waals surface area (Å²) in [5.41, 5.74) is -3.66. The highest BCUT2D eigenvalue weighted by atomic mass is 31.3. The number of aromatic nitrogens is 4. The second-order valence-corrected chi connectivity index (χ2v) is 15.4. The highest BCUT2D eigenvalue weighted by Gasteiger charge is 2.48. The Morgan fingerprint density at radius 1 is 0.688 bits per heavy atom. The number of H-pyrrole nitrogens is 2. The fourth-order valence-electron chi connectivity index (χ4n) is 4.17. The lowest BCUT2D eigenvalue weighted by Crippen LogP contribution is -2.37. The average molecular weight is 774 g/mol. The third-order valence-electron chi connectivity index (χ3n) is 6.28. The van der Waals surface area contributed by atoms with E-state index in [9.17, 15) is 72.9 Å². The van der Waals surface area contributed by atoms with Gasteiger partial charge in [-0.05, 0) is 0 Å². The van der Waals surface area contributed by atoms with Gasteiger partial charge in [-0.25, -0.2) is 31.9 Å². The maximum Gasteiger partial charge on any atom is 0.488 e. The Balaban J connectivity index is 1.27. The van der Waals surface area contributed by atoms with Crippen molar-refractivity contribution >= 4 is 32.1 Å². The summed E-state index contributed by atoms with van der Waals surface area (Å²) >= 11 is 0. The van der Waals surface area contributed by atoms with E-state index in [1.54, 1.807) is 0 Å². The predicted molar refractivity (Wildman–Crippen MR) is 148 cm³/mol. The van der Waals surface area contributed by atoms with Gasteiger partial charge in [-0.1, -0.05) is 0 Å². The molecule has 48 heavy (non-hydrogen) atoms. The van der Waals surface area contributed by atoms with Crippen molar-refractivity contribution in [1.82, 2.24) is 19.1 Å². The lowest BCUT2D eigenvalue weighted by atomic mass is 10.1. The number of nitrogens with zero attached hydrogens (tertiary/aromatic N) is 2. The van der Waals surface area contributed by atoms with Gasteiger partial charge in [0.15, 0.2) is 12.5 Å². The monoisotopic (exact) mass is 774 g/mol. The maximum absolute atomic E-state index is 12.2. The number of aromatic amines is 2. The fourth-order valence-corrected chi connectivity index (χ4v) is 8.45. The molecule has 0 aliphatic carbocycles. The number of aliphatic hydroxyl groups is 4. The van der Waals surface area contributed by atoms with Crippen LogP contribution in [0.1, 0.15) is 12.5 Å². The van der Waals surface area contributed by atoms with Gasteiger partial charge in [-0.15, -0.1) is 0 Å². The van der Waals surface area contributed by atoms with Crippen LogP contribution in [-0.4, -0.2) is 109 Å². The van der Waals surface area contributed by atoms with E-state index in [1.807, 2.05) is 9.97 Å². The van der Waals surface area contributed by atoms with Gasteiger partial charge in [0.25, 0.3) is 11.1 Å². The summed E-state index contributed by atoms with van der Waals surface area (Å²) in [7, 11) is -20.9. The summed E-state index contributed by atoms with van der Waals surface area (Å²) in [4.78, 5) is 89.2. The molecule has 30 heteroatoms. The summed E-state index contributed by atoms with van der Waals surface area (Å²) < 4.78 is 69.4. The molecular weight excluding hydrogens is 748 g/mol. The molecule has 0 bridgehead atoms. The Bertz CT molecular complexity index is 1850. The van der Waals surface area contributed by atoms with Gasteiger partial charge in [0.05, 0.1) is 13.2 Å². The molecule has 10 N–H and O–H groups in total. The smallest absolute Gasteiger partial charge is 0.387 e. The normalized spacial score (nSPS) is 31.9. The number of nitrogens with one attached hydrogen (secondary N) is 2. The first-order valence-electron chi connectivity index (χ1n) is 12.7. The van der Waals surface area contributed by atoms with Crippen LogP contribution in [0.15, 0.2) is 43.7 Å². The maximum atomic E-state index is 12.2. The minimum absolute atomic E-state index is 0.674. The molecule has 0 aromatic carbocycles. The summed E-state index contributed by atoms with van der Waals surface area (Å²) in [5.74, 6) is 0. The number of ether oxygens (including phenoxy) is 2. The van der Waals surface area contributed by atoms with Crippen molar-refractivity contribution in [3.63, 3.8) is 0 Å². The molecule has 2 aliphatic heterocycles. The summed E-state index contributed by atoms with van der Waals surface area (Å²) in [6, 6.07) is 1.79. The number of hydrogen-bond donors (Lipinski definition) is 10. The second-order valence-electron chi connectivity index (χ2n) is 9.61. The largest absolute Gasteiger partial charge is 0.488 e. The zero-order chi connectivity index (χ0) is 35.8. The molecule has 270 valence electrons. The Morgan fingerprint density at radius 3 is 1.50 bits per heavy atom. The van der Waals surface area contributed by atoms with Crippen LogP contribution in [0, 0.1) is 0 Å². The first kappa shape index (κ1) is 38.7. The minimum Gasteiger partial charge on any atom is -0.387 e. The molecular formula is C18H26N4O22P4. The molecule has 26 nitrogen and oxygen atoms in total. The molecule has 0 radical (unpaired) electrons. The van der Waals surface area contributed by atoms with Gasteiger partial charge in [-0.3, -0.25) is 37.7 Å². The molecule has 2 aromatic heterocycles. The predicted octanol–water partition coefficient (Wildman–Crippen LogP) is -4.07. The Kier molecular flexibility index (Phi) is 12.1. The standard InChI is InChI=1S/C18H26N4O22P4/c23-9-1-3-21(17(29)19-9)15-13(27)11(25)7(40-15)5-38-46(32,33)42-45(31)43-48(36,37)44-47(34,35)39-6-8-12(26)14(28)16(41-8)22-4-2-10(24)20-18(22)30/h1-4,7-8,11-16,25-28,31H,5-6H2,(H,32,33)(H,34,35)(H,36,37)(H,19,23,29)(H,20,24,30)/t7-,8-,11-,12-,13-,14-,15-,16-,45?/m1/s1. The number of phosphoric acid groups is 3. The lowest BCUT2D eigenvalue weighted by Gasteiger charge is -2.21. The highest BCUT2D eigenvalue weighted by molar-refractivity contribution is 7.67. The van der Waals surface area contributed by atoms with Crippen molar-refractivity contribution in [1.29, 1.82) is 0 Å². The van der Waals surface area contributed by atoms with E-state index in [4.69, 9.17) is 9.47 Å². The van der Waals surface area contributed by atoms with Crippen molar-refractivity contribution in [3.8, 4) is 0 Å². The lowest BCUT2D eigenvalue weighted by molar-refractivity contribution is -0.0543. The van der Waals surface area contributed by atoms with E-state index in [0.29, 0.717) is 9.13 Å². The van der Waals surface area contributed by atoms with E-state index in [0.717, 1.165) is 24.5 Å². The molecule has 2 aromatic rings.